The molecule has 2 rings (SSSR count). The standard InChI is InChI=1S/C21H29NO3/c1-5-24-21-13-16(10-11-20(21)25-15(2)3)12-17(14-22)18-8-6-7-9-19(18)23-4/h6-11,13,15,17H,5,12,14,22H2,1-4H3. The lowest BCUT2D eigenvalue weighted by Gasteiger charge is -2.20. The largest absolute Gasteiger partial charge is 0.496 e. The molecule has 0 aliphatic carbocycles. The quantitative estimate of drug-likeness (QED) is 0.742. The number of hydrogen-bond acceptors (Lipinski definition) is 4. The zero-order valence-corrected chi connectivity index (χ0v) is 15.6. The summed E-state index contributed by atoms with van der Waals surface area (Å²) in [5, 5.41) is 0. The maximum atomic E-state index is 6.06. The molecule has 1 unspecified atom stereocenters. The average Bonchev–Trinajstić information content (AvgIpc) is 2.61. The number of rotatable bonds is 9. The van der Waals surface area contributed by atoms with Crippen LogP contribution in [0, 0.1) is 0 Å². The van der Waals surface area contributed by atoms with Gasteiger partial charge in [0.25, 0.3) is 0 Å². The molecule has 1 atom stereocenters. The van der Waals surface area contributed by atoms with Gasteiger partial charge in [0.15, 0.2) is 11.5 Å². The molecule has 0 aliphatic heterocycles. The van der Waals surface area contributed by atoms with Crippen molar-refractivity contribution in [3.05, 3.63) is 53.6 Å². The third-order valence-electron chi connectivity index (χ3n) is 4.02. The van der Waals surface area contributed by atoms with E-state index in [0.717, 1.165) is 29.2 Å². The minimum Gasteiger partial charge on any atom is -0.496 e. The molecule has 4 nitrogen and oxygen atoms in total. The maximum Gasteiger partial charge on any atom is 0.161 e. The van der Waals surface area contributed by atoms with Gasteiger partial charge in [-0.25, -0.2) is 0 Å². The highest BCUT2D eigenvalue weighted by atomic mass is 16.5. The third kappa shape index (κ3) is 5.13. The fourth-order valence-corrected chi connectivity index (χ4v) is 2.91. The molecule has 0 fully saturated rings. The van der Waals surface area contributed by atoms with E-state index in [-0.39, 0.29) is 12.0 Å². The summed E-state index contributed by atoms with van der Waals surface area (Å²) in [4.78, 5) is 0. The monoisotopic (exact) mass is 343 g/mol. The molecule has 0 heterocycles. The molecular weight excluding hydrogens is 314 g/mol. The van der Waals surface area contributed by atoms with Gasteiger partial charge < -0.3 is 19.9 Å². The number of methoxy groups -OCH3 is 1. The molecule has 0 saturated carbocycles. The predicted octanol–water partition coefficient (Wildman–Crippen LogP) is 4.17. The lowest BCUT2D eigenvalue weighted by atomic mass is 9.91. The minimum atomic E-state index is 0.107. The lowest BCUT2D eigenvalue weighted by molar-refractivity contribution is 0.223. The molecule has 0 aromatic heterocycles. The van der Waals surface area contributed by atoms with E-state index < -0.39 is 0 Å². The van der Waals surface area contributed by atoms with Crippen LogP contribution in [0.15, 0.2) is 42.5 Å². The van der Waals surface area contributed by atoms with Gasteiger partial charge in [0.1, 0.15) is 5.75 Å². The normalized spacial score (nSPS) is 12.1. The number of hydrogen-bond donors (Lipinski definition) is 1. The Bertz CT molecular complexity index is 670. The van der Waals surface area contributed by atoms with E-state index in [0.29, 0.717) is 13.2 Å². The summed E-state index contributed by atoms with van der Waals surface area (Å²) >= 11 is 0. The molecule has 136 valence electrons. The van der Waals surface area contributed by atoms with Crippen molar-refractivity contribution in [1.82, 2.24) is 0 Å². The molecule has 2 N–H and O–H groups in total. The highest BCUT2D eigenvalue weighted by Crippen LogP contribution is 2.33. The van der Waals surface area contributed by atoms with Crippen LogP contribution >= 0.6 is 0 Å². The summed E-state index contributed by atoms with van der Waals surface area (Å²) in [6.07, 6.45) is 0.925. The Morgan fingerprint density at radius 2 is 1.76 bits per heavy atom. The Morgan fingerprint density at radius 1 is 1.00 bits per heavy atom. The van der Waals surface area contributed by atoms with Crippen LogP contribution in [0.5, 0.6) is 17.2 Å². The summed E-state index contributed by atoms with van der Waals surface area (Å²) in [6.45, 7) is 7.15. The topological polar surface area (TPSA) is 53.7 Å². The minimum absolute atomic E-state index is 0.107. The van der Waals surface area contributed by atoms with Crippen molar-refractivity contribution in [2.45, 2.75) is 39.2 Å². The Kier molecular flexibility index (Phi) is 7.14. The Labute approximate surface area is 150 Å². The van der Waals surface area contributed by atoms with Crippen molar-refractivity contribution in [1.29, 1.82) is 0 Å². The van der Waals surface area contributed by atoms with Crippen molar-refractivity contribution in [2.75, 3.05) is 20.3 Å². The van der Waals surface area contributed by atoms with Crippen molar-refractivity contribution in [2.24, 2.45) is 5.73 Å². The zero-order chi connectivity index (χ0) is 18.2. The summed E-state index contributed by atoms with van der Waals surface area (Å²) in [5.74, 6) is 2.62. The van der Waals surface area contributed by atoms with E-state index in [9.17, 15) is 0 Å². The van der Waals surface area contributed by atoms with Gasteiger partial charge >= 0.3 is 0 Å². The highest BCUT2D eigenvalue weighted by Gasteiger charge is 2.16. The van der Waals surface area contributed by atoms with Crippen molar-refractivity contribution in [3.8, 4) is 17.2 Å². The van der Waals surface area contributed by atoms with Gasteiger partial charge in [-0.3, -0.25) is 0 Å². The smallest absolute Gasteiger partial charge is 0.161 e. The van der Waals surface area contributed by atoms with Crippen LogP contribution in [0.25, 0.3) is 0 Å². The van der Waals surface area contributed by atoms with Gasteiger partial charge in [-0.05, 0) is 63.1 Å². The molecule has 0 bridgehead atoms. The molecular formula is C21H29NO3. The Balaban J connectivity index is 2.26. The van der Waals surface area contributed by atoms with Gasteiger partial charge in [-0.1, -0.05) is 24.3 Å². The SMILES string of the molecule is CCOc1cc(CC(CN)c2ccccc2OC)ccc1OC(C)C. The van der Waals surface area contributed by atoms with Gasteiger partial charge in [0.2, 0.25) is 0 Å². The van der Waals surface area contributed by atoms with Gasteiger partial charge in [-0.2, -0.15) is 0 Å². The zero-order valence-electron chi connectivity index (χ0n) is 15.6. The lowest BCUT2D eigenvalue weighted by Crippen LogP contribution is -2.16. The first-order chi connectivity index (χ1) is 12.1. The van der Waals surface area contributed by atoms with E-state index in [2.05, 4.69) is 18.2 Å². The van der Waals surface area contributed by atoms with Crippen molar-refractivity contribution in [3.63, 3.8) is 0 Å². The number of benzene rings is 2. The molecule has 4 heteroatoms. The summed E-state index contributed by atoms with van der Waals surface area (Å²) in [5.41, 5.74) is 8.36. The first-order valence-electron chi connectivity index (χ1n) is 8.84. The van der Waals surface area contributed by atoms with E-state index in [1.54, 1.807) is 7.11 Å². The molecule has 0 spiro atoms. The second-order valence-electron chi connectivity index (χ2n) is 6.26. The molecule has 0 amide bonds. The van der Waals surface area contributed by atoms with Gasteiger partial charge in [0.05, 0.1) is 19.8 Å². The molecule has 0 radical (unpaired) electrons. The summed E-state index contributed by atoms with van der Waals surface area (Å²) in [6, 6.07) is 14.2. The second-order valence-corrected chi connectivity index (χ2v) is 6.26. The third-order valence-corrected chi connectivity index (χ3v) is 4.02. The second kappa shape index (κ2) is 9.33. The molecule has 0 saturated heterocycles. The maximum absolute atomic E-state index is 6.06. The summed E-state index contributed by atoms with van der Waals surface area (Å²) in [7, 11) is 1.69. The number of nitrogens with two attached hydrogens (primary N) is 1. The van der Waals surface area contributed by atoms with Crippen LogP contribution in [0.1, 0.15) is 37.8 Å². The Hall–Kier alpha value is -2.20. The first-order valence-corrected chi connectivity index (χ1v) is 8.84. The van der Waals surface area contributed by atoms with E-state index in [1.807, 2.05) is 45.0 Å². The van der Waals surface area contributed by atoms with Crippen LogP contribution in [0.2, 0.25) is 0 Å². The van der Waals surface area contributed by atoms with E-state index in [1.165, 1.54) is 5.56 Å². The van der Waals surface area contributed by atoms with Crippen molar-refractivity contribution < 1.29 is 14.2 Å². The van der Waals surface area contributed by atoms with Crippen LogP contribution in [-0.4, -0.2) is 26.4 Å². The molecule has 25 heavy (non-hydrogen) atoms. The van der Waals surface area contributed by atoms with Crippen LogP contribution < -0.4 is 19.9 Å². The number of ether oxygens (including phenoxy) is 3. The number of para-hydroxylation sites is 1. The van der Waals surface area contributed by atoms with Gasteiger partial charge in [-0.15, -0.1) is 0 Å². The molecule has 2 aromatic rings. The fraction of sp³-hybridized carbons (Fsp3) is 0.429. The molecule has 0 aliphatic rings. The van der Waals surface area contributed by atoms with E-state index >= 15 is 0 Å². The van der Waals surface area contributed by atoms with Crippen LogP contribution in [0.3, 0.4) is 0 Å². The summed E-state index contributed by atoms with van der Waals surface area (Å²) < 4.78 is 17.1. The average molecular weight is 343 g/mol. The van der Waals surface area contributed by atoms with Crippen LogP contribution in [0.4, 0.5) is 0 Å². The van der Waals surface area contributed by atoms with Crippen molar-refractivity contribution >= 4 is 0 Å². The van der Waals surface area contributed by atoms with E-state index in [4.69, 9.17) is 19.9 Å². The Morgan fingerprint density at radius 3 is 2.40 bits per heavy atom. The predicted molar refractivity (Wildman–Crippen MR) is 102 cm³/mol. The highest BCUT2D eigenvalue weighted by molar-refractivity contribution is 5.44. The molecule has 2 aromatic carbocycles. The fourth-order valence-electron chi connectivity index (χ4n) is 2.91. The van der Waals surface area contributed by atoms with Gasteiger partial charge in [0, 0.05) is 5.92 Å². The first kappa shape index (κ1) is 19.1. The van der Waals surface area contributed by atoms with Crippen LogP contribution in [-0.2, 0) is 6.42 Å².